The van der Waals surface area contributed by atoms with Crippen molar-refractivity contribution >= 4 is 45.1 Å². The number of nitrogens with zero attached hydrogens (tertiary/aromatic N) is 3. The third kappa shape index (κ3) is 4.46. The van der Waals surface area contributed by atoms with E-state index in [4.69, 9.17) is 9.51 Å². The van der Waals surface area contributed by atoms with Crippen LogP contribution in [-0.4, -0.2) is 26.4 Å². The average molecular weight is 447 g/mol. The van der Waals surface area contributed by atoms with Gasteiger partial charge in [0, 0.05) is 17.5 Å². The van der Waals surface area contributed by atoms with Crippen LogP contribution in [-0.2, 0) is 24.2 Å². The minimum Gasteiger partial charge on any atom is -0.338 e. The van der Waals surface area contributed by atoms with E-state index in [0.29, 0.717) is 23.3 Å². The highest BCUT2D eigenvalue weighted by molar-refractivity contribution is 7.99. The molecule has 9 heteroatoms. The van der Waals surface area contributed by atoms with Crippen LogP contribution in [0.1, 0.15) is 55.2 Å². The van der Waals surface area contributed by atoms with Crippen molar-refractivity contribution in [1.29, 1.82) is 0 Å². The Balaban J connectivity index is 1.56. The van der Waals surface area contributed by atoms with Crippen LogP contribution in [0.3, 0.4) is 0 Å². The highest BCUT2D eigenvalue weighted by Gasteiger charge is 2.23. The van der Waals surface area contributed by atoms with Crippen molar-refractivity contribution in [1.82, 2.24) is 14.7 Å². The summed E-state index contributed by atoms with van der Waals surface area (Å²) in [6.45, 7) is 4.60. The molecule has 1 aliphatic carbocycles. The Kier molecular flexibility index (Phi) is 6.58. The van der Waals surface area contributed by atoms with Crippen LogP contribution in [0.5, 0.6) is 0 Å². The number of amides is 1. The maximum Gasteiger partial charge on any atom is 0.263 e. The predicted molar refractivity (Wildman–Crippen MR) is 121 cm³/mol. The van der Waals surface area contributed by atoms with Crippen LogP contribution in [0.15, 0.2) is 20.5 Å². The summed E-state index contributed by atoms with van der Waals surface area (Å²) in [4.78, 5) is 32.6. The summed E-state index contributed by atoms with van der Waals surface area (Å²) in [5.41, 5.74) is 1.95. The molecule has 3 aromatic heterocycles. The van der Waals surface area contributed by atoms with Gasteiger partial charge in [0.1, 0.15) is 4.83 Å². The molecule has 3 heterocycles. The molecule has 3 aromatic rings. The van der Waals surface area contributed by atoms with Crippen molar-refractivity contribution in [3.05, 3.63) is 32.6 Å². The molecule has 7 nitrogen and oxygen atoms in total. The zero-order chi connectivity index (χ0) is 21.1. The van der Waals surface area contributed by atoms with Gasteiger partial charge in [-0.25, -0.2) is 4.98 Å². The molecule has 1 aliphatic rings. The van der Waals surface area contributed by atoms with Crippen LogP contribution < -0.4 is 10.9 Å². The maximum atomic E-state index is 13.4. The number of thiophene rings is 1. The molecule has 0 spiro atoms. The minimum absolute atomic E-state index is 0.0460. The molecule has 0 aromatic carbocycles. The van der Waals surface area contributed by atoms with Crippen molar-refractivity contribution in [2.24, 2.45) is 0 Å². The molecule has 0 bridgehead atoms. The fourth-order valence-electron chi connectivity index (χ4n) is 3.79. The number of rotatable bonds is 9. The lowest BCUT2D eigenvalue weighted by atomic mass is 10.2. The fraction of sp³-hybridized carbons (Fsp3) is 0.524. The lowest BCUT2D eigenvalue weighted by molar-refractivity contribution is -0.113. The third-order valence-corrected chi connectivity index (χ3v) is 7.41. The number of hydrogen-bond acceptors (Lipinski definition) is 7. The second-order valence-corrected chi connectivity index (χ2v) is 9.64. The average Bonchev–Trinajstić information content (AvgIpc) is 3.41. The van der Waals surface area contributed by atoms with Crippen molar-refractivity contribution in [3.63, 3.8) is 0 Å². The molecular weight excluding hydrogens is 420 g/mol. The Morgan fingerprint density at radius 1 is 1.33 bits per heavy atom. The SMILES string of the molecule is CCCCCCn1c(SCC(=O)Nc2cc(C)no2)nc2sc3c(c2c1=O)CCC3. The molecule has 30 heavy (non-hydrogen) atoms. The Hall–Kier alpha value is -2.13. The molecule has 4 rings (SSSR count). The van der Waals surface area contributed by atoms with E-state index in [1.165, 1.54) is 22.2 Å². The van der Waals surface area contributed by atoms with E-state index in [0.717, 1.165) is 55.2 Å². The van der Waals surface area contributed by atoms with E-state index >= 15 is 0 Å². The van der Waals surface area contributed by atoms with E-state index in [2.05, 4.69) is 17.4 Å². The Bertz CT molecular complexity index is 1120. The molecule has 0 aliphatic heterocycles. The maximum absolute atomic E-state index is 13.4. The first-order chi connectivity index (χ1) is 14.6. The molecule has 0 saturated carbocycles. The first-order valence-electron chi connectivity index (χ1n) is 10.5. The van der Waals surface area contributed by atoms with Gasteiger partial charge in [0.05, 0.1) is 16.8 Å². The van der Waals surface area contributed by atoms with E-state index < -0.39 is 0 Å². The van der Waals surface area contributed by atoms with Crippen LogP contribution >= 0.6 is 23.1 Å². The summed E-state index contributed by atoms with van der Waals surface area (Å²) >= 11 is 2.93. The molecule has 0 fully saturated rings. The number of carbonyl (C=O) groups is 1. The fourth-order valence-corrected chi connectivity index (χ4v) is 5.92. The summed E-state index contributed by atoms with van der Waals surface area (Å²) < 4.78 is 6.82. The number of aromatic nitrogens is 3. The number of anilines is 1. The first kappa shape index (κ1) is 21.1. The molecule has 0 radical (unpaired) electrons. The molecule has 1 amide bonds. The molecule has 0 atom stereocenters. The molecular formula is C21H26N4O3S2. The summed E-state index contributed by atoms with van der Waals surface area (Å²) in [7, 11) is 0. The highest BCUT2D eigenvalue weighted by atomic mass is 32.2. The summed E-state index contributed by atoms with van der Waals surface area (Å²) in [5, 5.41) is 7.88. The van der Waals surface area contributed by atoms with Gasteiger partial charge >= 0.3 is 0 Å². The van der Waals surface area contributed by atoms with Crippen LogP contribution in [0.2, 0.25) is 0 Å². The molecule has 0 saturated heterocycles. The van der Waals surface area contributed by atoms with Gasteiger partial charge in [-0.2, -0.15) is 0 Å². The van der Waals surface area contributed by atoms with Crippen LogP contribution in [0.25, 0.3) is 10.2 Å². The van der Waals surface area contributed by atoms with Gasteiger partial charge in [-0.3, -0.25) is 19.5 Å². The van der Waals surface area contributed by atoms with E-state index in [9.17, 15) is 9.59 Å². The predicted octanol–water partition coefficient (Wildman–Crippen LogP) is 4.55. The Labute approximate surface area is 183 Å². The Morgan fingerprint density at radius 2 is 2.20 bits per heavy atom. The first-order valence-corrected chi connectivity index (χ1v) is 12.3. The number of fused-ring (bicyclic) bond motifs is 3. The number of carbonyl (C=O) groups excluding carboxylic acids is 1. The van der Waals surface area contributed by atoms with Gasteiger partial charge in [-0.1, -0.05) is 43.1 Å². The highest BCUT2D eigenvalue weighted by Crippen LogP contribution is 2.35. The number of unbranched alkanes of at least 4 members (excludes halogenated alkanes) is 3. The van der Waals surface area contributed by atoms with Crippen LogP contribution in [0, 0.1) is 6.92 Å². The zero-order valence-corrected chi connectivity index (χ0v) is 19.0. The minimum atomic E-state index is -0.211. The second-order valence-electron chi connectivity index (χ2n) is 7.62. The largest absolute Gasteiger partial charge is 0.338 e. The summed E-state index contributed by atoms with van der Waals surface area (Å²) in [6.07, 6.45) is 7.43. The van der Waals surface area contributed by atoms with E-state index in [1.54, 1.807) is 28.9 Å². The zero-order valence-electron chi connectivity index (χ0n) is 17.3. The second kappa shape index (κ2) is 9.34. The van der Waals surface area contributed by atoms with Crippen molar-refractivity contribution < 1.29 is 9.32 Å². The number of hydrogen-bond donors (Lipinski definition) is 1. The smallest absolute Gasteiger partial charge is 0.263 e. The lowest BCUT2D eigenvalue weighted by Crippen LogP contribution is -2.24. The van der Waals surface area contributed by atoms with Crippen molar-refractivity contribution in [2.75, 3.05) is 11.1 Å². The normalized spacial score (nSPS) is 13.1. The van der Waals surface area contributed by atoms with Gasteiger partial charge < -0.3 is 4.52 Å². The third-order valence-electron chi connectivity index (χ3n) is 5.25. The van der Waals surface area contributed by atoms with Gasteiger partial charge in [0.2, 0.25) is 11.8 Å². The van der Waals surface area contributed by atoms with Crippen molar-refractivity contribution in [2.45, 2.75) is 70.5 Å². The standard InChI is InChI=1S/C21H26N4O3S2/c1-3-4-5-6-10-25-20(27)18-14-8-7-9-15(14)30-19(18)23-21(25)29-12-16(26)22-17-11-13(2)24-28-17/h11H,3-10,12H2,1-2H3,(H,22,26). The monoisotopic (exact) mass is 446 g/mol. The summed E-state index contributed by atoms with van der Waals surface area (Å²) in [5.74, 6) is 0.266. The van der Waals surface area contributed by atoms with Gasteiger partial charge in [-0.05, 0) is 38.2 Å². The number of thioether (sulfide) groups is 1. The quantitative estimate of drug-likeness (QED) is 0.294. The van der Waals surface area contributed by atoms with E-state index in [1.807, 2.05) is 0 Å². The Morgan fingerprint density at radius 3 is 2.97 bits per heavy atom. The summed E-state index contributed by atoms with van der Waals surface area (Å²) in [6, 6.07) is 1.67. The van der Waals surface area contributed by atoms with E-state index in [-0.39, 0.29) is 17.2 Å². The number of aryl methyl sites for hydroxylation is 3. The van der Waals surface area contributed by atoms with Gasteiger partial charge in [-0.15, -0.1) is 11.3 Å². The number of nitrogens with one attached hydrogen (secondary N) is 1. The lowest BCUT2D eigenvalue weighted by Gasteiger charge is -2.12. The molecule has 160 valence electrons. The molecule has 0 unspecified atom stereocenters. The van der Waals surface area contributed by atoms with Gasteiger partial charge in [0.25, 0.3) is 5.56 Å². The molecule has 1 N–H and O–H groups in total. The topological polar surface area (TPSA) is 90.0 Å². The van der Waals surface area contributed by atoms with Gasteiger partial charge in [0.15, 0.2) is 5.16 Å². The van der Waals surface area contributed by atoms with Crippen molar-refractivity contribution in [3.8, 4) is 0 Å². The van der Waals surface area contributed by atoms with Crippen LogP contribution in [0.4, 0.5) is 5.88 Å².